The van der Waals surface area contributed by atoms with Gasteiger partial charge >= 0.3 is 19.8 Å². The second-order valence-electron chi connectivity index (χ2n) is 17.0. The molecule has 0 rings (SSSR count). The molecule has 0 radical (unpaired) electrons. The van der Waals surface area contributed by atoms with Gasteiger partial charge in [0.15, 0.2) is 6.10 Å². The van der Waals surface area contributed by atoms with Gasteiger partial charge in [-0.05, 0) is 77.0 Å². The maximum atomic E-state index is 12.7. The maximum absolute atomic E-state index is 12.7. The second kappa shape index (κ2) is 49.2. The molecule has 0 heterocycles. The standard InChI is InChI=1S/C53H96NO8P/c1-3-5-7-9-11-13-15-17-19-20-21-22-23-24-25-26-27-28-29-30-32-34-36-38-40-42-44-46-53(56)62-51(50-61-63(57,58)60-48-47-54)49-59-52(55)45-43-41-39-37-35-33-31-18-16-14-12-10-8-6-4-2/h5,7,11,13,17-19,21-22,31,51H,3-4,6,8-10,12,14-16,20,23-30,32-50,54H2,1-2H3,(H,57,58)/b7-5-,13-11-,19-17-,22-21-,31-18-. The Morgan fingerprint density at radius 1 is 0.492 bits per heavy atom. The van der Waals surface area contributed by atoms with Crippen molar-refractivity contribution in [2.45, 2.75) is 238 Å². The fourth-order valence-electron chi connectivity index (χ4n) is 7.09. The highest BCUT2D eigenvalue weighted by atomic mass is 31.2. The summed E-state index contributed by atoms with van der Waals surface area (Å²) in [6.07, 6.45) is 59.8. The van der Waals surface area contributed by atoms with Crippen LogP contribution in [0.4, 0.5) is 0 Å². The Hall–Kier alpha value is -2.29. The lowest BCUT2D eigenvalue weighted by atomic mass is 10.0. The van der Waals surface area contributed by atoms with Gasteiger partial charge in [-0.2, -0.15) is 0 Å². The Balaban J connectivity index is 4.00. The fraction of sp³-hybridized carbons (Fsp3) is 0.774. The zero-order valence-electron chi connectivity index (χ0n) is 40.6. The molecule has 63 heavy (non-hydrogen) atoms. The van der Waals surface area contributed by atoms with E-state index in [1.807, 2.05) is 0 Å². The first-order valence-electron chi connectivity index (χ1n) is 25.8. The molecule has 0 aromatic rings. The van der Waals surface area contributed by atoms with E-state index < -0.39 is 26.5 Å². The first kappa shape index (κ1) is 60.7. The molecule has 0 aromatic heterocycles. The van der Waals surface area contributed by atoms with E-state index in [4.69, 9.17) is 24.3 Å². The number of phosphoric acid groups is 1. The Morgan fingerprint density at radius 3 is 1.32 bits per heavy atom. The summed E-state index contributed by atoms with van der Waals surface area (Å²) < 4.78 is 32.9. The molecule has 0 aliphatic rings. The molecular weight excluding hydrogens is 810 g/mol. The Bertz CT molecular complexity index is 1220. The van der Waals surface area contributed by atoms with Crippen LogP contribution in [0.2, 0.25) is 0 Å². The van der Waals surface area contributed by atoms with Crippen LogP contribution in [-0.4, -0.2) is 49.3 Å². The minimum Gasteiger partial charge on any atom is -0.462 e. The molecule has 0 bridgehead atoms. The van der Waals surface area contributed by atoms with Crippen LogP contribution in [0, 0.1) is 0 Å². The predicted octanol–water partition coefficient (Wildman–Crippen LogP) is 15.6. The van der Waals surface area contributed by atoms with Gasteiger partial charge < -0.3 is 20.1 Å². The predicted molar refractivity (Wildman–Crippen MR) is 266 cm³/mol. The number of phosphoric ester groups is 1. The maximum Gasteiger partial charge on any atom is 0.472 e. The second-order valence-corrected chi connectivity index (χ2v) is 18.5. The summed E-state index contributed by atoms with van der Waals surface area (Å²) in [5.74, 6) is -0.835. The summed E-state index contributed by atoms with van der Waals surface area (Å²) in [5, 5.41) is 0. The number of unbranched alkanes of at least 4 members (excludes halogenated alkanes) is 25. The number of allylic oxidation sites excluding steroid dienone is 10. The van der Waals surface area contributed by atoms with Crippen LogP contribution in [-0.2, 0) is 32.7 Å². The van der Waals surface area contributed by atoms with Crippen molar-refractivity contribution in [3.05, 3.63) is 60.8 Å². The third-order valence-corrected chi connectivity index (χ3v) is 11.9. The first-order valence-corrected chi connectivity index (χ1v) is 27.3. The third kappa shape index (κ3) is 49.0. The van der Waals surface area contributed by atoms with Crippen LogP contribution >= 0.6 is 7.82 Å². The number of hydrogen-bond acceptors (Lipinski definition) is 8. The number of nitrogens with two attached hydrogens (primary N) is 1. The summed E-state index contributed by atoms with van der Waals surface area (Å²) in [7, 11) is -4.38. The molecule has 0 aromatic carbocycles. The van der Waals surface area contributed by atoms with Gasteiger partial charge in [0, 0.05) is 19.4 Å². The van der Waals surface area contributed by atoms with Crippen molar-refractivity contribution < 1.29 is 37.6 Å². The summed E-state index contributed by atoms with van der Waals surface area (Å²) in [5.41, 5.74) is 5.37. The van der Waals surface area contributed by atoms with E-state index in [1.165, 1.54) is 116 Å². The number of carbonyl (C=O) groups excluding carboxylic acids is 2. The van der Waals surface area contributed by atoms with E-state index in [0.717, 1.165) is 83.5 Å². The Labute approximate surface area is 387 Å². The van der Waals surface area contributed by atoms with Crippen molar-refractivity contribution in [3.8, 4) is 0 Å². The molecule has 0 amide bonds. The summed E-state index contributed by atoms with van der Waals surface area (Å²) >= 11 is 0. The number of rotatable bonds is 48. The molecule has 0 spiro atoms. The highest BCUT2D eigenvalue weighted by molar-refractivity contribution is 7.47. The number of esters is 2. The number of ether oxygens (including phenoxy) is 2. The molecule has 9 nitrogen and oxygen atoms in total. The molecule has 366 valence electrons. The zero-order chi connectivity index (χ0) is 46.0. The summed E-state index contributed by atoms with van der Waals surface area (Å²) in [4.78, 5) is 35.0. The Morgan fingerprint density at radius 2 is 0.873 bits per heavy atom. The highest BCUT2D eigenvalue weighted by Gasteiger charge is 2.26. The van der Waals surface area contributed by atoms with Crippen LogP contribution in [0.15, 0.2) is 60.8 Å². The zero-order valence-corrected chi connectivity index (χ0v) is 41.4. The normalized spacial score (nSPS) is 13.7. The lowest BCUT2D eigenvalue weighted by molar-refractivity contribution is -0.161. The van der Waals surface area contributed by atoms with Crippen LogP contribution in [0.1, 0.15) is 232 Å². The molecule has 3 N–H and O–H groups in total. The molecule has 0 aliphatic heterocycles. The molecule has 2 atom stereocenters. The van der Waals surface area contributed by atoms with E-state index in [2.05, 4.69) is 74.6 Å². The number of carbonyl (C=O) groups is 2. The molecule has 10 heteroatoms. The quantitative estimate of drug-likeness (QED) is 0.0265. The van der Waals surface area contributed by atoms with Crippen molar-refractivity contribution in [1.29, 1.82) is 0 Å². The Kier molecular flexibility index (Phi) is 47.4. The van der Waals surface area contributed by atoms with Gasteiger partial charge in [0.05, 0.1) is 13.2 Å². The average molecular weight is 906 g/mol. The highest BCUT2D eigenvalue weighted by Crippen LogP contribution is 2.43. The van der Waals surface area contributed by atoms with Gasteiger partial charge in [0.25, 0.3) is 0 Å². The van der Waals surface area contributed by atoms with Gasteiger partial charge in [-0.1, -0.05) is 203 Å². The van der Waals surface area contributed by atoms with Gasteiger partial charge in [0.2, 0.25) is 0 Å². The van der Waals surface area contributed by atoms with E-state index in [0.29, 0.717) is 6.42 Å². The van der Waals surface area contributed by atoms with Crippen molar-refractivity contribution in [2.24, 2.45) is 5.73 Å². The molecule has 0 saturated carbocycles. The van der Waals surface area contributed by atoms with Gasteiger partial charge in [-0.25, -0.2) is 4.57 Å². The summed E-state index contributed by atoms with van der Waals surface area (Å²) in [6.45, 7) is 3.63. The largest absolute Gasteiger partial charge is 0.472 e. The van der Waals surface area contributed by atoms with Crippen molar-refractivity contribution in [1.82, 2.24) is 0 Å². The van der Waals surface area contributed by atoms with Gasteiger partial charge in [-0.15, -0.1) is 0 Å². The fourth-order valence-corrected chi connectivity index (χ4v) is 7.86. The van der Waals surface area contributed by atoms with Crippen LogP contribution in [0.3, 0.4) is 0 Å². The van der Waals surface area contributed by atoms with Crippen LogP contribution in [0.5, 0.6) is 0 Å². The van der Waals surface area contributed by atoms with Crippen molar-refractivity contribution >= 4 is 19.8 Å². The monoisotopic (exact) mass is 906 g/mol. The third-order valence-electron chi connectivity index (χ3n) is 10.9. The van der Waals surface area contributed by atoms with E-state index in [1.54, 1.807) is 0 Å². The minimum atomic E-state index is -4.38. The smallest absolute Gasteiger partial charge is 0.462 e. The molecule has 0 aliphatic carbocycles. The summed E-state index contributed by atoms with van der Waals surface area (Å²) in [6, 6.07) is 0. The van der Waals surface area contributed by atoms with Crippen LogP contribution < -0.4 is 5.73 Å². The number of hydrogen-bond donors (Lipinski definition) is 2. The minimum absolute atomic E-state index is 0.0512. The molecule has 2 unspecified atom stereocenters. The topological polar surface area (TPSA) is 134 Å². The molecule has 0 fully saturated rings. The van der Waals surface area contributed by atoms with Gasteiger partial charge in [-0.3, -0.25) is 18.6 Å². The average Bonchev–Trinajstić information content (AvgIpc) is 3.27. The van der Waals surface area contributed by atoms with Gasteiger partial charge in [0.1, 0.15) is 6.61 Å². The molecular formula is C53H96NO8P. The lowest BCUT2D eigenvalue weighted by Crippen LogP contribution is -2.29. The van der Waals surface area contributed by atoms with E-state index >= 15 is 0 Å². The lowest BCUT2D eigenvalue weighted by Gasteiger charge is -2.19. The van der Waals surface area contributed by atoms with Crippen molar-refractivity contribution in [3.63, 3.8) is 0 Å². The SMILES string of the molecule is CC/C=C\C/C=C\C/C=C\C/C=C\CCCCCCCCCCCCCCCCC(=O)OC(COC(=O)CCCCCCC/C=C\CCCCCCCC)COP(=O)(O)OCCN. The van der Waals surface area contributed by atoms with E-state index in [-0.39, 0.29) is 38.6 Å². The van der Waals surface area contributed by atoms with E-state index in [9.17, 15) is 19.0 Å². The molecule has 0 saturated heterocycles. The first-order chi connectivity index (χ1) is 30.8. The van der Waals surface area contributed by atoms with Crippen molar-refractivity contribution in [2.75, 3.05) is 26.4 Å². The van der Waals surface area contributed by atoms with Crippen LogP contribution in [0.25, 0.3) is 0 Å².